The summed E-state index contributed by atoms with van der Waals surface area (Å²) in [5, 5.41) is 8.60. The van der Waals surface area contributed by atoms with Crippen molar-refractivity contribution >= 4 is 30.1 Å². The lowest BCUT2D eigenvalue weighted by Gasteiger charge is -1.96. The largest absolute Gasteiger partial charge is 0.478 e. The molecule has 0 aromatic heterocycles. The van der Waals surface area contributed by atoms with Gasteiger partial charge in [-0.25, -0.2) is 4.79 Å². The molecule has 1 rings (SSSR count). The Morgan fingerprint density at radius 2 is 1.86 bits per heavy atom. The van der Waals surface area contributed by atoms with Crippen molar-refractivity contribution in [3.8, 4) is 0 Å². The summed E-state index contributed by atoms with van der Waals surface area (Å²) in [5.74, 6) is -0.906. The zero-order chi connectivity index (χ0) is 9.84. The lowest BCUT2D eigenvalue weighted by molar-refractivity contribution is -0.132. The maximum absolute atomic E-state index is 10.5. The van der Waals surface area contributed by atoms with Gasteiger partial charge in [0.25, 0.3) is 0 Å². The predicted octanol–water partition coefficient (Wildman–Crippen LogP) is 2.18. The lowest BCUT2D eigenvalue weighted by atomic mass is 10.1. The molecule has 0 saturated heterocycles. The first-order chi connectivity index (χ1) is 6.09. The number of nitrogen functional groups attached to an aromatic ring is 1. The van der Waals surface area contributed by atoms with Gasteiger partial charge in [-0.3, -0.25) is 0 Å². The van der Waals surface area contributed by atoms with E-state index in [0.717, 1.165) is 5.56 Å². The van der Waals surface area contributed by atoms with E-state index in [2.05, 4.69) is 0 Å². The average Bonchev–Trinajstić information content (AvgIpc) is 2.08. The minimum Gasteiger partial charge on any atom is -0.478 e. The minimum atomic E-state index is -0.906. The van der Waals surface area contributed by atoms with Crippen molar-refractivity contribution in [1.29, 1.82) is 0 Å². The van der Waals surface area contributed by atoms with Gasteiger partial charge in [0, 0.05) is 11.3 Å². The Morgan fingerprint density at radius 3 is 2.29 bits per heavy atom. The van der Waals surface area contributed by atoms with Crippen LogP contribution in [0.4, 0.5) is 5.69 Å². The van der Waals surface area contributed by atoms with Crippen LogP contribution in [0.5, 0.6) is 0 Å². The van der Waals surface area contributed by atoms with E-state index in [1.165, 1.54) is 0 Å². The molecule has 0 heterocycles. The van der Waals surface area contributed by atoms with Crippen LogP contribution in [-0.2, 0) is 4.79 Å². The second-order valence-corrected chi connectivity index (χ2v) is 2.80. The van der Waals surface area contributed by atoms with Crippen molar-refractivity contribution in [2.45, 2.75) is 6.92 Å². The van der Waals surface area contributed by atoms with Crippen molar-refractivity contribution in [3.63, 3.8) is 0 Å². The summed E-state index contributed by atoms with van der Waals surface area (Å²) in [6, 6.07) is 7.03. The standard InChI is InChI=1S/C10H11NO2.ClH/c1-7(10(12)13)6-8-2-4-9(11)5-3-8;/h2-6H,11H2,1H3,(H,12,13);1H/b7-6+;. The fourth-order valence-corrected chi connectivity index (χ4v) is 0.904. The minimum absolute atomic E-state index is 0. The smallest absolute Gasteiger partial charge is 0.331 e. The zero-order valence-electron chi connectivity index (χ0n) is 7.73. The van der Waals surface area contributed by atoms with E-state index in [1.807, 2.05) is 0 Å². The van der Waals surface area contributed by atoms with Gasteiger partial charge in [-0.1, -0.05) is 12.1 Å². The van der Waals surface area contributed by atoms with E-state index >= 15 is 0 Å². The van der Waals surface area contributed by atoms with Gasteiger partial charge in [-0.05, 0) is 30.7 Å². The van der Waals surface area contributed by atoms with Crippen molar-refractivity contribution < 1.29 is 9.90 Å². The van der Waals surface area contributed by atoms with Crippen LogP contribution in [-0.4, -0.2) is 11.1 Å². The van der Waals surface area contributed by atoms with Crippen LogP contribution in [0.2, 0.25) is 0 Å². The molecule has 0 aliphatic carbocycles. The molecule has 0 aliphatic heterocycles. The molecule has 0 amide bonds. The summed E-state index contributed by atoms with van der Waals surface area (Å²) in [6.45, 7) is 1.55. The van der Waals surface area contributed by atoms with Crippen molar-refractivity contribution in [3.05, 3.63) is 35.4 Å². The van der Waals surface area contributed by atoms with E-state index in [0.29, 0.717) is 11.3 Å². The van der Waals surface area contributed by atoms with Crippen LogP contribution >= 0.6 is 12.4 Å². The van der Waals surface area contributed by atoms with Gasteiger partial charge in [-0.2, -0.15) is 0 Å². The fraction of sp³-hybridized carbons (Fsp3) is 0.100. The summed E-state index contributed by atoms with van der Waals surface area (Å²) in [5.41, 5.74) is 7.30. The Morgan fingerprint density at radius 1 is 1.36 bits per heavy atom. The van der Waals surface area contributed by atoms with Gasteiger partial charge in [0.1, 0.15) is 0 Å². The van der Waals surface area contributed by atoms with E-state index in [9.17, 15) is 4.79 Å². The van der Waals surface area contributed by atoms with Crippen LogP contribution in [0.1, 0.15) is 12.5 Å². The van der Waals surface area contributed by atoms with Crippen molar-refractivity contribution in [2.75, 3.05) is 5.73 Å². The highest BCUT2D eigenvalue weighted by molar-refractivity contribution is 5.91. The third-order valence-electron chi connectivity index (χ3n) is 1.66. The first kappa shape index (κ1) is 12.5. The Labute approximate surface area is 88.7 Å². The number of carboxylic acids is 1. The topological polar surface area (TPSA) is 63.3 Å². The van der Waals surface area contributed by atoms with Crippen LogP contribution < -0.4 is 5.73 Å². The van der Waals surface area contributed by atoms with Gasteiger partial charge in [0.05, 0.1) is 0 Å². The normalized spacial score (nSPS) is 10.5. The van der Waals surface area contributed by atoms with Crippen molar-refractivity contribution in [1.82, 2.24) is 0 Å². The Balaban J connectivity index is 0.00000169. The lowest BCUT2D eigenvalue weighted by Crippen LogP contribution is -1.95. The van der Waals surface area contributed by atoms with E-state index in [4.69, 9.17) is 10.8 Å². The summed E-state index contributed by atoms with van der Waals surface area (Å²) >= 11 is 0. The molecule has 14 heavy (non-hydrogen) atoms. The number of hydrogen-bond acceptors (Lipinski definition) is 2. The summed E-state index contributed by atoms with van der Waals surface area (Å²) in [7, 11) is 0. The van der Waals surface area contributed by atoms with E-state index < -0.39 is 5.97 Å². The Kier molecular flexibility index (Phi) is 4.73. The molecule has 4 heteroatoms. The molecule has 0 spiro atoms. The molecular weight excluding hydrogens is 202 g/mol. The highest BCUT2D eigenvalue weighted by atomic mass is 35.5. The number of carboxylic acid groups (broad SMARTS) is 1. The predicted molar refractivity (Wildman–Crippen MR) is 59.4 cm³/mol. The highest BCUT2D eigenvalue weighted by Crippen LogP contribution is 2.09. The van der Waals surface area contributed by atoms with Gasteiger partial charge < -0.3 is 10.8 Å². The fourth-order valence-electron chi connectivity index (χ4n) is 0.904. The molecule has 3 nitrogen and oxygen atoms in total. The van der Waals surface area contributed by atoms with Crippen molar-refractivity contribution in [2.24, 2.45) is 0 Å². The molecule has 0 bridgehead atoms. The number of rotatable bonds is 2. The Hall–Kier alpha value is -1.48. The second-order valence-electron chi connectivity index (χ2n) is 2.80. The third-order valence-corrected chi connectivity index (χ3v) is 1.66. The molecular formula is C10H12ClNO2. The number of benzene rings is 1. The number of hydrogen-bond donors (Lipinski definition) is 2. The molecule has 0 atom stereocenters. The first-order valence-corrected chi connectivity index (χ1v) is 3.87. The van der Waals surface area contributed by atoms with Gasteiger partial charge in [-0.15, -0.1) is 12.4 Å². The maximum atomic E-state index is 10.5. The molecule has 0 aliphatic rings. The summed E-state index contributed by atoms with van der Waals surface area (Å²) in [6.07, 6.45) is 1.60. The number of nitrogens with two attached hydrogens (primary N) is 1. The summed E-state index contributed by atoms with van der Waals surface area (Å²) in [4.78, 5) is 10.5. The van der Waals surface area contributed by atoms with E-state index in [-0.39, 0.29) is 12.4 Å². The number of carbonyl (C=O) groups is 1. The van der Waals surface area contributed by atoms with Crippen LogP contribution in [0, 0.1) is 0 Å². The molecule has 3 N–H and O–H groups in total. The monoisotopic (exact) mass is 213 g/mol. The van der Waals surface area contributed by atoms with Crippen LogP contribution in [0.25, 0.3) is 6.08 Å². The molecule has 0 unspecified atom stereocenters. The van der Waals surface area contributed by atoms with Crippen LogP contribution in [0.15, 0.2) is 29.8 Å². The van der Waals surface area contributed by atoms with Gasteiger partial charge >= 0.3 is 5.97 Å². The Bertz CT molecular complexity index is 344. The SMILES string of the molecule is C/C(=C\c1ccc(N)cc1)C(=O)O.Cl. The molecule has 0 saturated carbocycles. The first-order valence-electron chi connectivity index (χ1n) is 3.87. The third kappa shape index (κ3) is 3.49. The van der Waals surface area contributed by atoms with Gasteiger partial charge in [0.2, 0.25) is 0 Å². The molecule has 0 radical (unpaired) electrons. The van der Waals surface area contributed by atoms with E-state index in [1.54, 1.807) is 37.3 Å². The van der Waals surface area contributed by atoms with Gasteiger partial charge in [0.15, 0.2) is 0 Å². The molecule has 1 aromatic carbocycles. The molecule has 0 fully saturated rings. The highest BCUT2D eigenvalue weighted by Gasteiger charge is 1.98. The number of aliphatic carboxylic acids is 1. The molecule has 76 valence electrons. The quantitative estimate of drug-likeness (QED) is 0.585. The average molecular weight is 214 g/mol. The van der Waals surface area contributed by atoms with Crippen LogP contribution in [0.3, 0.4) is 0 Å². The number of halogens is 1. The summed E-state index contributed by atoms with van der Waals surface area (Å²) < 4.78 is 0. The second kappa shape index (κ2) is 5.29. The zero-order valence-corrected chi connectivity index (χ0v) is 8.54. The molecule has 1 aromatic rings. The maximum Gasteiger partial charge on any atom is 0.331 e. The number of anilines is 1.